The zero-order valence-electron chi connectivity index (χ0n) is 24.1. The number of ether oxygens (including phenoxy) is 3. The number of esters is 2. The third kappa shape index (κ3) is 7.81. The first-order valence-electron chi connectivity index (χ1n) is 13.8. The molecule has 0 fully saturated rings. The van der Waals surface area contributed by atoms with E-state index in [1.54, 1.807) is 19.9 Å². The molecule has 11 nitrogen and oxygen atoms in total. The first kappa shape index (κ1) is 31.3. The molecule has 0 saturated heterocycles. The number of aromatic amines is 1. The van der Waals surface area contributed by atoms with Gasteiger partial charge in [0.2, 0.25) is 5.88 Å². The number of nitrogens with one attached hydrogen (secondary N) is 2. The number of aromatic nitrogens is 2. The molecule has 1 atom stereocenters. The topological polar surface area (TPSA) is 146 Å². The van der Waals surface area contributed by atoms with Crippen molar-refractivity contribution in [2.45, 2.75) is 45.4 Å². The first-order chi connectivity index (χ1) is 20.7. The van der Waals surface area contributed by atoms with Gasteiger partial charge in [0, 0.05) is 34.6 Å². The summed E-state index contributed by atoms with van der Waals surface area (Å²) in [6.45, 7) is 4.07. The van der Waals surface area contributed by atoms with Crippen molar-refractivity contribution in [1.82, 2.24) is 15.5 Å². The number of hydrogen-bond donors (Lipinski definition) is 2. The van der Waals surface area contributed by atoms with Gasteiger partial charge in [0.05, 0.1) is 48.0 Å². The predicted molar refractivity (Wildman–Crippen MR) is 160 cm³/mol. The first-order valence-corrected chi connectivity index (χ1v) is 14.2. The summed E-state index contributed by atoms with van der Waals surface area (Å²) in [6.07, 6.45) is 3.10. The number of carbonyl (C=O) groups excluding carboxylic acids is 2. The molecule has 226 valence electrons. The molecule has 12 heteroatoms. The highest BCUT2D eigenvalue weighted by Gasteiger charge is 2.38. The van der Waals surface area contributed by atoms with E-state index in [9.17, 15) is 19.7 Å². The minimum Gasteiger partial charge on any atom is -0.477 e. The number of rotatable bonds is 13. The molecular formula is C31H33ClN4O7. The van der Waals surface area contributed by atoms with E-state index in [4.69, 9.17) is 25.8 Å². The van der Waals surface area contributed by atoms with Crippen LogP contribution < -0.4 is 10.1 Å². The molecule has 0 saturated carbocycles. The highest BCUT2D eigenvalue weighted by molar-refractivity contribution is 6.30. The van der Waals surface area contributed by atoms with Gasteiger partial charge < -0.3 is 19.5 Å². The molecule has 43 heavy (non-hydrogen) atoms. The third-order valence-corrected chi connectivity index (χ3v) is 7.28. The predicted octanol–water partition coefficient (Wildman–Crippen LogP) is 6.23. The smallest absolute Gasteiger partial charge is 0.336 e. The second-order valence-electron chi connectivity index (χ2n) is 10.0. The Morgan fingerprint density at radius 1 is 0.953 bits per heavy atom. The molecule has 0 spiro atoms. The summed E-state index contributed by atoms with van der Waals surface area (Å²) in [5.41, 5.74) is 3.46. The molecule has 2 heterocycles. The van der Waals surface area contributed by atoms with Gasteiger partial charge in [-0.2, -0.15) is 0 Å². The average Bonchev–Trinajstić information content (AvgIpc) is 3.47. The zero-order valence-corrected chi connectivity index (χ0v) is 24.9. The van der Waals surface area contributed by atoms with Crippen LogP contribution in [0.2, 0.25) is 5.02 Å². The summed E-state index contributed by atoms with van der Waals surface area (Å²) >= 11 is 5.94. The summed E-state index contributed by atoms with van der Waals surface area (Å²) in [4.78, 5) is 37.0. The van der Waals surface area contributed by atoms with Crippen molar-refractivity contribution in [1.29, 1.82) is 0 Å². The number of nitro benzene ring substituents is 1. The molecule has 1 aliphatic rings. The summed E-state index contributed by atoms with van der Waals surface area (Å²) < 4.78 is 16.3. The van der Waals surface area contributed by atoms with Gasteiger partial charge in [-0.1, -0.05) is 35.9 Å². The lowest BCUT2D eigenvalue weighted by Crippen LogP contribution is -2.32. The number of H-pyrrole nitrogens is 1. The van der Waals surface area contributed by atoms with E-state index in [1.165, 1.54) is 25.3 Å². The summed E-state index contributed by atoms with van der Waals surface area (Å²) in [5, 5.41) is 22.3. The molecule has 4 rings (SSSR count). The lowest BCUT2D eigenvalue weighted by atomic mass is 9.80. The van der Waals surface area contributed by atoms with Crippen LogP contribution in [0.5, 0.6) is 5.88 Å². The maximum atomic E-state index is 13.3. The molecule has 0 radical (unpaired) electrons. The molecule has 0 aliphatic carbocycles. The lowest BCUT2D eigenvalue weighted by Gasteiger charge is -2.30. The Balaban J connectivity index is 1.29. The maximum absolute atomic E-state index is 13.3. The average molecular weight is 609 g/mol. The van der Waals surface area contributed by atoms with Crippen LogP contribution in [-0.2, 0) is 19.1 Å². The minimum atomic E-state index is -0.888. The largest absolute Gasteiger partial charge is 0.477 e. The van der Waals surface area contributed by atoms with Gasteiger partial charge >= 0.3 is 11.9 Å². The molecule has 2 N–H and O–H groups in total. The van der Waals surface area contributed by atoms with Gasteiger partial charge in [-0.25, -0.2) is 9.59 Å². The minimum absolute atomic E-state index is 0.151. The molecule has 1 aliphatic heterocycles. The standard InChI is InChI=1S/C31H33ClN4O7/c1-19-27(30(37)41-3)29(22-9-8-10-24(17-22)36(39)40)28(20(2)33-19)31(38)43-16-7-5-4-6-15-42-26-18-25(34-35-26)21-11-13-23(32)14-12-21/h8-14,17-18,29,33H,4-7,15-16H2,1-3H3,(H,34,35). The molecule has 3 aromatic rings. The number of nitrogens with zero attached hydrogens (tertiary/aromatic N) is 2. The summed E-state index contributed by atoms with van der Waals surface area (Å²) in [6, 6.07) is 15.1. The normalized spacial score (nSPS) is 14.7. The number of allylic oxidation sites excluding steroid dienone is 2. The number of nitro groups is 1. The van der Waals surface area contributed by atoms with E-state index in [0.717, 1.165) is 30.5 Å². The fraction of sp³-hybridized carbons (Fsp3) is 0.323. The number of unbranched alkanes of at least 4 members (excludes halogenated alkanes) is 3. The lowest BCUT2D eigenvalue weighted by molar-refractivity contribution is -0.384. The number of halogens is 1. The van der Waals surface area contributed by atoms with E-state index < -0.39 is 22.8 Å². The van der Waals surface area contributed by atoms with E-state index in [2.05, 4.69) is 15.5 Å². The molecule has 1 aromatic heterocycles. The van der Waals surface area contributed by atoms with Crippen molar-refractivity contribution in [2.24, 2.45) is 0 Å². The van der Waals surface area contributed by atoms with Gasteiger partial charge in [0.1, 0.15) is 0 Å². The van der Waals surface area contributed by atoms with Crippen molar-refractivity contribution in [3.05, 3.63) is 97.8 Å². The van der Waals surface area contributed by atoms with Crippen molar-refractivity contribution in [3.63, 3.8) is 0 Å². The number of non-ortho nitro benzene ring substituents is 1. The van der Waals surface area contributed by atoms with E-state index >= 15 is 0 Å². The fourth-order valence-corrected chi connectivity index (χ4v) is 5.05. The molecule has 0 amide bonds. The van der Waals surface area contributed by atoms with Crippen molar-refractivity contribution in [2.75, 3.05) is 20.3 Å². The van der Waals surface area contributed by atoms with Crippen LogP contribution >= 0.6 is 11.6 Å². The number of carbonyl (C=O) groups is 2. The van der Waals surface area contributed by atoms with Crippen LogP contribution in [0.1, 0.15) is 51.0 Å². The molecule has 1 unspecified atom stereocenters. The highest BCUT2D eigenvalue weighted by atomic mass is 35.5. The fourth-order valence-electron chi connectivity index (χ4n) is 4.93. The third-order valence-electron chi connectivity index (χ3n) is 7.03. The van der Waals surface area contributed by atoms with Crippen molar-refractivity contribution < 1.29 is 28.7 Å². The Morgan fingerprint density at radius 3 is 2.30 bits per heavy atom. The Hall–Kier alpha value is -4.64. The second-order valence-corrected chi connectivity index (χ2v) is 10.4. The number of hydrogen-bond acceptors (Lipinski definition) is 9. The van der Waals surface area contributed by atoms with Gasteiger partial charge in [0.25, 0.3) is 5.69 Å². The van der Waals surface area contributed by atoms with Crippen molar-refractivity contribution >= 4 is 29.2 Å². The number of benzene rings is 2. The summed E-state index contributed by atoms with van der Waals surface area (Å²) in [5.74, 6) is -1.62. The molecule has 0 bridgehead atoms. The number of dihydropyridines is 1. The van der Waals surface area contributed by atoms with Crippen LogP contribution in [0.3, 0.4) is 0 Å². The monoisotopic (exact) mass is 608 g/mol. The SMILES string of the molecule is COC(=O)C1=C(C)NC(C)=C(C(=O)OCCCCCCOc2cc(-c3ccc(Cl)cc3)[nH]n2)C1c1cccc([N+](=O)[O-])c1. The second kappa shape index (κ2) is 14.5. The van der Waals surface area contributed by atoms with Gasteiger partial charge in [-0.3, -0.25) is 15.2 Å². The van der Waals surface area contributed by atoms with E-state index in [1.807, 2.05) is 30.3 Å². The van der Waals surface area contributed by atoms with Gasteiger partial charge in [-0.15, -0.1) is 5.10 Å². The highest BCUT2D eigenvalue weighted by Crippen LogP contribution is 2.40. The Bertz CT molecular complexity index is 1550. The zero-order chi connectivity index (χ0) is 30.9. The van der Waals surface area contributed by atoms with Crippen molar-refractivity contribution in [3.8, 4) is 17.1 Å². The number of methoxy groups -OCH3 is 1. The van der Waals surface area contributed by atoms with Gasteiger partial charge in [-0.05, 0) is 62.8 Å². The van der Waals surface area contributed by atoms with Crippen LogP contribution in [0, 0.1) is 10.1 Å². The Labute approximate surface area is 254 Å². The van der Waals surface area contributed by atoms with Crippen LogP contribution in [0.25, 0.3) is 11.3 Å². The van der Waals surface area contributed by atoms with E-state index in [0.29, 0.717) is 40.9 Å². The van der Waals surface area contributed by atoms with Gasteiger partial charge in [0.15, 0.2) is 0 Å². The Kier molecular flexibility index (Phi) is 10.6. The maximum Gasteiger partial charge on any atom is 0.336 e. The van der Waals surface area contributed by atoms with Crippen LogP contribution in [-0.4, -0.2) is 47.4 Å². The van der Waals surface area contributed by atoms with Crippen LogP contribution in [0.15, 0.2) is 77.1 Å². The van der Waals surface area contributed by atoms with Crippen LogP contribution in [0.4, 0.5) is 5.69 Å². The molecule has 2 aromatic carbocycles. The molecular weight excluding hydrogens is 576 g/mol. The van der Waals surface area contributed by atoms with E-state index in [-0.39, 0.29) is 23.4 Å². The summed E-state index contributed by atoms with van der Waals surface area (Å²) in [7, 11) is 1.24. The quantitative estimate of drug-likeness (QED) is 0.0997. The Morgan fingerprint density at radius 2 is 1.63 bits per heavy atom.